The molecule has 2 aromatic heterocycles. The van der Waals surface area contributed by atoms with Crippen molar-refractivity contribution < 1.29 is 4.79 Å². The van der Waals surface area contributed by atoms with E-state index in [2.05, 4.69) is 20.2 Å². The second-order valence-electron chi connectivity index (χ2n) is 7.08. The van der Waals surface area contributed by atoms with Crippen molar-refractivity contribution in [3.8, 4) is 0 Å². The summed E-state index contributed by atoms with van der Waals surface area (Å²) in [5.41, 5.74) is 1.64. The molecule has 2 aromatic rings. The van der Waals surface area contributed by atoms with Crippen LogP contribution in [0.1, 0.15) is 41.1 Å². The lowest BCUT2D eigenvalue weighted by Crippen LogP contribution is -2.48. The highest BCUT2D eigenvalue weighted by atomic mass is 16.2. The van der Waals surface area contributed by atoms with Crippen LogP contribution < -0.4 is 10.6 Å². The Morgan fingerprint density at radius 3 is 2.92 bits per heavy atom. The van der Waals surface area contributed by atoms with E-state index in [9.17, 15) is 9.59 Å². The van der Waals surface area contributed by atoms with Gasteiger partial charge in [0.15, 0.2) is 0 Å². The molecule has 1 spiro atoms. The van der Waals surface area contributed by atoms with Crippen molar-refractivity contribution in [3.05, 3.63) is 33.8 Å². The molecule has 9 nitrogen and oxygen atoms in total. The van der Waals surface area contributed by atoms with Gasteiger partial charge in [0.1, 0.15) is 0 Å². The van der Waals surface area contributed by atoms with Crippen LogP contribution in [-0.4, -0.2) is 63.1 Å². The van der Waals surface area contributed by atoms with Gasteiger partial charge in [-0.15, -0.1) is 5.10 Å². The zero-order valence-corrected chi connectivity index (χ0v) is 14.4. The van der Waals surface area contributed by atoms with Crippen LogP contribution in [0.5, 0.6) is 0 Å². The van der Waals surface area contributed by atoms with Gasteiger partial charge in [-0.3, -0.25) is 9.78 Å². The zero-order chi connectivity index (χ0) is 17.6. The number of hydrogen-bond donors (Lipinski definition) is 2. The molecule has 1 fully saturated rings. The van der Waals surface area contributed by atoms with Gasteiger partial charge in [-0.1, -0.05) is 0 Å². The van der Waals surface area contributed by atoms with Crippen LogP contribution in [-0.2, 0) is 11.8 Å². The summed E-state index contributed by atoms with van der Waals surface area (Å²) in [6, 6.07) is 0. The zero-order valence-electron chi connectivity index (χ0n) is 14.4. The van der Waals surface area contributed by atoms with E-state index in [1.54, 1.807) is 4.90 Å². The fourth-order valence-corrected chi connectivity index (χ4v) is 3.97. The first-order valence-electron chi connectivity index (χ1n) is 8.46. The first-order chi connectivity index (χ1) is 12.0. The van der Waals surface area contributed by atoms with E-state index in [4.69, 9.17) is 4.98 Å². The number of carbonyl (C=O) groups is 1. The number of anilines is 1. The largest absolute Gasteiger partial charge is 0.347 e. The molecule has 132 valence electrons. The molecular formula is C16H21N7O2. The fourth-order valence-electron chi connectivity index (χ4n) is 3.97. The van der Waals surface area contributed by atoms with Gasteiger partial charge < -0.3 is 9.80 Å². The minimum atomic E-state index is -0.468. The molecule has 1 unspecified atom stereocenters. The van der Waals surface area contributed by atoms with Crippen LogP contribution in [0.4, 0.5) is 5.95 Å². The van der Waals surface area contributed by atoms with Gasteiger partial charge in [0.2, 0.25) is 11.8 Å². The summed E-state index contributed by atoms with van der Waals surface area (Å²) < 4.78 is 0. The first kappa shape index (κ1) is 15.8. The average molecular weight is 343 g/mol. The number of nitrogens with one attached hydrogen (secondary N) is 2. The maximum absolute atomic E-state index is 12.7. The highest BCUT2D eigenvalue weighted by molar-refractivity contribution is 5.90. The number of carbonyl (C=O) groups excluding carboxylic acids is 1. The molecule has 0 aromatic carbocycles. The lowest BCUT2D eigenvalue weighted by atomic mass is 9.77. The van der Waals surface area contributed by atoms with Crippen molar-refractivity contribution in [2.24, 2.45) is 0 Å². The van der Waals surface area contributed by atoms with E-state index in [1.165, 1.54) is 5.56 Å². The fraction of sp³-hybridized carbons (Fsp3) is 0.562. The number of H-pyrrole nitrogens is 2. The molecule has 0 saturated carbocycles. The second kappa shape index (κ2) is 5.68. The van der Waals surface area contributed by atoms with E-state index in [-0.39, 0.29) is 17.1 Å². The molecule has 2 N–H and O–H groups in total. The molecule has 0 bridgehead atoms. The van der Waals surface area contributed by atoms with Crippen molar-refractivity contribution in [2.45, 2.75) is 31.1 Å². The summed E-state index contributed by atoms with van der Waals surface area (Å²) in [4.78, 5) is 39.2. The Morgan fingerprint density at radius 1 is 1.36 bits per heavy atom. The van der Waals surface area contributed by atoms with Gasteiger partial charge in [-0.05, 0) is 31.2 Å². The third-order valence-electron chi connectivity index (χ3n) is 5.19. The summed E-state index contributed by atoms with van der Waals surface area (Å²) in [5, 5.41) is 6.02. The Morgan fingerprint density at radius 2 is 2.20 bits per heavy atom. The number of likely N-dealkylation sites (tertiary alicyclic amines) is 1. The molecular weight excluding hydrogens is 322 g/mol. The lowest BCUT2D eigenvalue weighted by Gasteiger charge is -2.40. The van der Waals surface area contributed by atoms with Crippen LogP contribution in [0.15, 0.2) is 11.0 Å². The standard InChI is InChI=1S/C16H21N7O2/c1-22(2)14-17-8-10-4-6-16(11(10)18-14)5-3-7-23(9-16)13(24)12-19-15(25)21-20-12/h8H,3-7,9H2,1-2H3,(H2,19,20,21,25). The number of hydrogen-bond acceptors (Lipinski definition) is 6. The Bertz CT molecular complexity index is 867. The third-order valence-corrected chi connectivity index (χ3v) is 5.19. The van der Waals surface area contributed by atoms with E-state index in [0.29, 0.717) is 19.0 Å². The number of aromatic amines is 2. The lowest BCUT2D eigenvalue weighted by molar-refractivity contribution is 0.0621. The van der Waals surface area contributed by atoms with Crippen molar-refractivity contribution in [1.29, 1.82) is 0 Å². The molecule has 3 heterocycles. The van der Waals surface area contributed by atoms with Gasteiger partial charge in [0.05, 0.1) is 5.69 Å². The molecule has 4 rings (SSSR count). The molecule has 0 radical (unpaired) electrons. The van der Waals surface area contributed by atoms with Gasteiger partial charge in [0.25, 0.3) is 5.91 Å². The number of nitrogens with zero attached hydrogens (tertiary/aromatic N) is 5. The number of amides is 1. The van der Waals surface area contributed by atoms with Gasteiger partial charge >= 0.3 is 5.69 Å². The number of aryl methyl sites for hydroxylation is 1. The summed E-state index contributed by atoms with van der Waals surface area (Å²) in [7, 11) is 3.85. The smallest absolute Gasteiger partial charge is 0.341 e. The minimum absolute atomic E-state index is 0.0666. The van der Waals surface area contributed by atoms with Gasteiger partial charge in [0, 0.05) is 38.8 Å². The van der Waals surface area contributed by atoms with Crippen LogP contribution >= 0.6 is 0 Å². The Balaban J connectivity index is 1.65. The second-order valence-corrected chi connectivity index (χ2v) is 7.08. The average Bonchev–Trinajstić information content (AvgIpc) is 3.19. The minimum Gasteiger partial charge on any atom is -0.347 e. The molecule has 2 aliphatic rings. The topological polar surface area (TPSA) is 111 Å². The van der Waals surface area contributed by atoms with E-state index >= 15 is 0 Å². The predicted molar refractivity (Wildman–Crippen MR) is 90.7 cm³/mol. The first-order valence-corrected chi connectivity index (χ1v) is 8.46. The van der Waals surface area contributed by atoms with Crippen molar-refractivity contribution in [1.82, 2.24) is 30.0 Å². The quantitative estimate of drug-likeness (QED) is 0.798. The summed E-state index contributed by atoms with van der Waals surface area (Å²) in [6.45, 7) is 1.26. The Kier molecular flexibility index (Phi) is 3.59. The van der Waals surface area contributed by atoms with Crippen molar-refractivity contribution >= 4 is 11.9 Å². The molecule has 9 heteroatoms. The molecule has 1 aliphatic carbocycles. The molecule has 25 heavy (non-hydrogen) atoms. The Labute approximate surface area is 144 Å². The maximum Gasteiger partial charge on any atom is 0.341 e. The maximum atomic E-state index is 12.7. The van der Waals surface area contributed by atoms with Gasteiger partial charge in [-0.25, -0.2) is 19.9 Å². The normalized spacial score (nSPS) is 22.2. The SMILES string of the molecule is CN(C)c1ncc2c(n1)C1(CCCN(C(=O)c3n[nH]c(=O)[nH]3)C1)CC2. The van der Waals surface area contributed by atoms with Crippen LogP contribution in [0.3, 0.4) is 0 Å². The Hall–Kier alpha value is -2.71. The number of fused-ring (bicyclic) bond motifs is 2. The summed E-state index contributed by atoms with van der Waals surface area (Å²) in [5.74, 6) is 0.518. The molecule has 1 aliphatic heterocycles. The van der Waals surface area contributed by atoms with Gasteiger partial charge in [-0.2, -0.15) is 0 Å². The monoisotopic (exact) mass is 343 g/mol. The van der Waals surface area contributed by atoms with E-state index in [1.807, 2.05) is 25.2 Å². The third kappa shape index (κ3) is 2.59. The van der Waals surface area contributed by atoms with Crippen LogP contribution in [0.25, 0.3) is 0 Å². The number of rotatable bonds is 2. The molecule has 1 atom stereocenters. The van der Waals surface area contributed by atoms with Crippen LogP contribution in [0, 0.1) is 0 Å². The van der Waals surface area contributed by atoms with Crippen LogP contribution in [0.2, 0.25) is 0 Å². The summed E-state index contributed by atoms with van der Waals surface area (Å²) >= 11 is 0. The van der Waals surface area contributed by atoms with Crippen molar-refractivity contribution in [2.75, 3.05) is 32.1 Å². The highest BCUT2D eigenvalue weighted by Gasteiger charge is 2.45. The molecule has 1 saturated heterocycles. The van der Waals surface area contributed by atoms with Crippen molar-refractivity contribution in [3.63, 3.8) is 0 Å². The number of piperidine rings is 1. The predicted octanol–water partition coefficient (Wildman–Crippen LogP) is 0.0742. The summed E-state index contributed by atoms with van der Waals surface area (Å²) in [6.07, 6.45) is 5.73. The number of aromatic nitrogens is 5. The molecule has 1 amide bonds. The van der Waals surface area contributed by atoms with E-state index in [0.717, 1.165) is 31.4 Å². The highest BCUT2D eigenvalue weighted by Crippen LogP contribution is 2.44. The van der Waals surface area contributed by atoms with E-state index < -0.39 is 5.69 Å².